The molecule has 0 unspecified atom stereocenters. The Labute approximate surface area is 127 Å². The first-order valence-electron chi connectivity index (χ1n) is 6.31. The second-order valence-electron chi connectivity index (χ2n) is 5.43. The molecule has 1 aliphatic rings. The zero-order chi connectivity index (χ0) is 15.8. The molecule has 0 saturated carbocycles. The molecule has 1 heterocycles. The van der Waals surface area contributed by atoms with Crippen LogP contribution in [0.4, 0.5) is 11.4 Å². The van der Waals surface area contributed by atoms with Crippen LogP contribution in [0.5, 0.6) is 0 Å². The highest BCUT2D eigenvalue weighted by Crippen LogP contribution is 2.34. The third-order valence-corrected chi connectivity index (χ3v) is 6.41. The number of non-ortho nitro benzene ring substituents is 1. The van der Waals surface area contributed by atoms with Gasteiger partial charge in [-0.05, 0) is 19.9 Å². The molecule has 0 atom stereocenters. The first-order chi connectivity index (χ1) is 9.63. The predicted octanol–water partition coefficient (Wildman–Crippen LogP) is 1.69. The van der Waals surface area contributed by atoms with Crippen molar-refractivity contribution in [3.63, 3.8) is 0 Å². The standard InChI is InChI=1S/C12H17N3O4S2/c1-12(2)8-14(5-6-20-12)21(18,19)11-7-9(15(16)17)3-4-10(11)13/h3-4,7H,5-6,8,13H2,1-2H3. The van der Waals surface area contributed by atoms with Crippen LogP contribution in [0.15, 0.2) is 23.1 Å². The minimum atomic E-state index is -3.83. The summed E-state index contributed by atoms with van der Waals surface area (Å²) in [5.74, 6) is 0.682. The molecule has 7 nitrogen and oxygen atoms in total. The molecule has 0 bridgehead atoms. The van der Waals surface area contributed by atoms with Crippen LogP contribution < -0.4 is 5.73 Å². The molecule has 21 heavy (non-hydrogen) atoms. The molecule has 0 aromatic heterocycles. The molecule has 0 aliphatic carbocycles. The van der Waals surface area contributed by atoms with Crippen LogP contribution >= 0.6 is 11.8 Å². The average molecular weight is 331 g/mol. The quantitative estimate of drug-likeness (QED) is 0.513. The van der Waals surface area contributed by atoms with Gasteiger partial charge in [0, 0.05) is 35.7 Å². The number of benzene rings is 1. The van der Waals surface area contributed by atoms with E-state index in [1.807, 2.05) is 13.8 Å². The Kier molecular flexibility index (Phi) is 4.18. The van der Waals surface area contributed by atoms with E-state index < -0.39 is 14.9 Å². The number of hydrogen-bond acceptors (Lipinski definition) is 6. The van der Waals surface area contributed by atoms with E-state index in [1.54, 1.807) is 11.8 Å². The van der Waals surface area contributed by atoms with Gasteiger partial charge in [-0.3, -0.25) is 10.1 Å². The SMILES string of the molecule is CC1(C)CN(S(=O)(=O)c2cc([N+](=O)[O-])ccc2N)CCS1. The van der Waals surface area contributed by atoms with Gasteiger partial charge in [0.15, 0.2) is 0 Å². The van der Waals surface area contributed by atoms with Gasteiger partial charge in [0.25, 0.3) is 5.69 Å². The minimum absolute atomic E-state index is 0.0247. The van der Waals surface area contributed by atoms with Crippen LogP contribution in [0.3, 0.4) is 0 Å². The Hall–Kier alpha value is -1.32. The fourth-order valence-electron chi connectivity index (χ4n) is 2.18. The van der Waals surface area contributed by atoms with Gasteiger partial charge in [-0.25, -0.2) is 8.42 Å². The van der Waals surface area contributed by atoms with E-state index in [9.17, 15) is 18.5 Å². The fraction of sp³-hybridized carbons (Fsp3) is 0.500. The Bertz CT molecular complexity index is 673. The molecule has 1 aliphatic heterocycles. The Morgan fingerprint density at radius 1 is 1.43 bits per heavy atom. The maximum Gasteiger partial charge on any atom is 0.270 e. The largest absolute Gasteiger partial charge is 0.398 e. The van der Waals surface area contributed by atoms with Gasteiger partial charge in [-0.15, -0.1) is 0 Å². The van der Waals surface area contributed by atoms with Gasteiger partial charge in [0.05, 0.1) is 10.6 Å². The number of nitro benzene ring substituents is 1. The van der Waals surface area contributed by atoms with Gasteiger partial charge in [0.2, 0.25) is 10.0 Å². The fourth-order valence-corrected chi connectivity index (χ4v) is 5.22. The predicted molar refractivity (Wildman–Crippen MR) is 82.8 cm³/mol. The lowest BCUT2D eigenvalue weighted by Crippen LogP contribution is -2.46. The van der Waals surface area contributed by atoms with E-state index in [2.05, 4.69) is 0 Å². The van der Waals surface area contributed by atoms with Crippen molar-refractivity contribution in [1.82, 2.24) is 4.31 Å². The summed E-state index contributed by atoms with van der Waals surface area (Å²) >= 11 is 1.70. The van der Waals surface area contributed by atoms with Crippen LogP contribution in [-0.4, -0.2) is 41.2 Å². The number of anilines is 1. The number of hydrogen-bond donors (Lipinski definition) is 1. The molecule has 2 rings (SSSR count). The first-order valence-corrected chi connectivity index (χ1v) is 8.74. The lowest BCUT2D eigenvalue weighted by atomic mass is 10.2. The number of thioether (sulfide) groups is 1. The first kappa shape index (κ1) is 16.1. The zero-order valence-electron chi connectivity index (χ0n) is 11.8. The van der Waals surface area contributed by atoms with E-state index in [0.29, 0.717) is 18.8 Å². The van der Waals surface area contributed by atoms with Crippen LogP contribution in [0.1, 0.15) is 13.8 Å². The number of nitrogens with zero attached hydrogens (tertiary/aromatic N) is 2. The molecule has 1 aromatic rings. The highest BCUT2D eigenvalue weighted by Gasteiger charge is 2.36. The molecule has 0 spiro atoms. The minimum Gasteiger partial charge on any atom is -0.398 e. The normalized spacial score (nSPS) is 19.3. The zero-order valence-corrected chi connectivity index (χ0v) is 13.4. The van der Waals surface area contributed by atoms with E-state index in [4.69, 9.17) is 5.73 Å². The van der Waals surface area contributed by atoms with Gasteiger partial charge in [-0.2, -0.15) is 16.1 Å². The molecule has 0 radical (unpaired) electrons. The molecule has 0 amide bonds. The summed E-state index contributed by atoms with van der Waals surface area (Å²) < 4.78 is 26.5. The van der Waals surface area contributed by atoms with Crippen LogP contribution in [0, 0.1) is 10.1 Å². The molecular weight excluding hydrogens is 314 g/mol. The van der Waals surface area contributed by atoms with Crippen LogP contribution in [0.2, 0.25) is 0 Å². The van der Waals surface area contributed by atoms with Crippen molar-refractivity contribution in [3.8, 4) is 0 Å². The van der Waals surface area contributed by atoms with Crippen molar-refractivity contribution in [1.29, 1.82) is 0 Å². The van der Waals surface area contributed by atoms with Crippen molar-refractivity contribution < 1.29 is 13.3 Å². The van der Waals surface area contributed by atoms with Crippen LogP contribution in [0.25, 0.3) is 0 Å². The van der Waals surface area contributed by atoms with Gasteiger partial charge >= 0.3 is 0 Å². The lowest BCUT2D eigenvalue weighted by Gasteiger charge is -2.36. The summed E-state index contributed by atoms with van der Waals surface area (Å²) in [6.45, 7) is 4.66. The van der Waals surface area contributed by atoms with Crippen molar-refractivity contribution in [3.05, 3.63) is 28.3 Å². The van der Waals surface area contributed by atoms with Crippen molar-refractivity contribution in [2.24, 2.45) is 0 Å². The molecule has 1 saturated heterocycles. The molecule has 2 N–H and O–H groups in total. The molecule has 1 aromatic carbocycles. The van der Waals surface area contributed by atoms with Gasteiger partial charge in [0.1, 0.15) is 4.90 Å². The lowest BCUT2D eigenvalue weighted by molar-refractivity contribution is -0.385. The summed E-state index contributed by atoms with van der Waals surface area (Å²) in [5, 5.41) is 10.8. The number of nitrogens with two attached hydrogens (primary N) is 1. The van der Waals surface area contributed by atoms with E-state index in [1.165, 1.54) is 16.4 Å². The summed E-state index contributed by atoms with van der Waals surface area (Å²) in [6, 6.07) is 3.48. The Morgan fingerprint density at radius 2 is 2.10 bits per heavy atom. The average Bonchev–Trinajstić information content (AvgIpc) is 2.37. The van der Waals surface area contributed by atoms with E-state index in [-0.39, 0.29) is 21.0 Å². The van der Waals surface area contributed by atoms with Gasteiger partial charge < -0.3 is 5.73 Å². The highest BCUT2D eigenvalue weighted by molar-refractivity contribution is 8.00. The Morgan fingerprint density at radius 3 is 2.67 bits per heavy atom. The Balaban J connectivity index is 2.44. The molecule has 1 fully saturated rings. The summed E-state index contributed by atoms with van der Waals surface area (Å²) in [5.41, 5.74) is 5.46. The van der Waals surface area contributed by atoms with E-state index >= 15 is 0 Å². The molecule has 116 valence electrons. The smallest absolute Gasteiger partial charge is 0.270 e. The van der Waals surface area contributed by atoms with E-state index in [0.717, 1.165) is 6.07 Å². The molecule has 9 heteroatoms. The van der Waals surface area contributed by atoms with Crippen molar-refractivity contribution in [2.75, 3.05) is 24.6 Å². The third-order valence-electron chi connectivity index (χ3n) is 3.22. The second-order valence-corrected chi connectivity index (χ2v) is 9.13. The number of nitrogen functional groups attached to an aromatic ring is 1. The summed E-state index contributed by atoms with van der Waals surface area (Å²) in [7, 11) is -3.83. The van der Waals surface area contributed by atoms with Crippen molar-refractivity contribution in [2.45, 2.75) is 23.5 Å². The summed E-state index contributed by atoms with van der Waals surface area (Å²) in [4.78, 5) is 10.00. The number of sulfonamides is 1. The second kappa shape index (κ2) is 5.47. The van der Waals surface area contributed by atoms with Crippen molar-refractivity contribution >= 4 is 33.2 Å². The third kappa shape index (κ3) is 3.30. The maximum atomic E-state index is 12.7. The molecular formula is C12H17N3O4S2. The number of nitro groups is 1. The topological polar surface area (TPSA) is 107 Å². The monoisotopic (exact) mass is 331 g/mol. The highest BCUT2D eigenvalue weighted by atomic mass is 32.2. The maximum absolute atomic E-state index is 12.7. The van der Waals surface area contributed by atoms with Crippen LogP contribution in [-0.2, 0) is 10.0 Å². The number of rotatable bonds is 3. The van der Waals surface area contributed by atoms with Gasteiger partial charge in [-0.1, -0.05) is 0 Å². The summed E-state index contributed by atoms with van der Waals surface area (Å²) in [6.07, 6.45) is 0.